The molecular formula is C35H37Cl2N3O5S. The first-order chi connectivity index (χ1) is 22.1. The van der Waals surface area contributed by atoms with Crippen molar-refractivity contribution in [3.63, 3.8) is 0 Å². The maximum absolute atomic E-state index is 14.5. The molecule has 0 aliphatic heterocycles. The number of nitrogens with one attached hydrogen (secondary N) is 1. The van der Waals surface area contributed by atoms with Gasteiger partial charge in [0.05, 0.1) is 27.7 Å². The van der Waals surface area contributed by atoms with E-state index in [-0.39, 0.29) is 29.5 Å². The smallest absolute Gasteiger partial charge is 0.264 e. The Morgan fingerprint density at radius 1 is 0.848 bits per heavy atom. The number of carbonyl (C=O) groups excluding carboxylic acids is 2. The van der Waals surface area contributed by atoms with Crippen LogP contribution >= 0.6 is 23.2 Å². The molecule has 4 aromatic carbocycles. The van der Waals surface area contributed by atoms with E-state index in [4.69, 9.17) is 27.9 Å². The number of methoxy groups -OCH3 is 1. The van der Waals surface area contributed by atoms with Gasteiger partial charge in [-0.05, 0) is 66.1 Å². The Kier molecular flexibility index (Phi) is 12.5. The lowest BCUT2D eigenvalue weighted by atomic mass is 10.0. The van der Waals surface area contributed by atoms with Crippen molar-refractivity contribution in [1.29, 1.82) is 0 Å². The van der Waals surface area contributed by atoms with E-state index >= 15 is 0 Å². The number of anilines is 1. The number of carbonyl (C=O) groups is 2. The third kappa shape index (κ3) is 9.02. The lowest BCUT2D eigenvalue weighted by Gasteiger charge is -2.34. The maximum Gasteiger partial charge on any atom is 0.264 e. The third-order valence-corrected chi connectivity index (χ3v) is 9.94. The highest BCUT2D eigenvalue weighted by molar-refractivity contribution is 7.92. The number of hydrogen-bond acceptors (Lipinski definition) is 5. The van der Waals surface area contributed by atoms with Crippen LogP contribution in [0, 0.1) is 0 Å². The second kappa shape index (κ2) is 16.5. The number of amides is 2. The molecule has 2 amide bonds. The van der Waals surface area contributed by atoms with Gasteiger partial charge in [-0.1, -0.05) is 91.1 Å². The fourth-order valence-corrected chi connectivity index (χ4v) is 6.65. The van der Waals surface area contributed by atoms with Gasteiger partial charge in [-0.25, -0.2) is 8.42 Å². The lowest BCUT2D eigenvalue weighted by molar-refractivity contribution is -0.140. The first-order valence-corrected chi connectivity index (χ1v) is 17.1. The maximum atomic E-state index is 14.5. The Bertz CT molecular complexity index is 1710. The van der Waals surface area contributed by atoms with E-state index in [1.54, 1.807) is 60.7 Å². The van der Waals surface area contributed by atoms with Gasteiger partial charge in [0.2, 0.25) is 11.8 Å². The van der Waals surface area contributed by atoms with E-state index < -0.39 is 28.5 Å². The fraction of sp³-hybridized carbons (Fsp3) is 0.257. The molecule has 0 aromatic heterocycles. The molecule has 0 spiro atoms. The zero-order valence-electron chi connectivity index (χ0n) is 25.7. The van der Waals surface area contributed by atoms with Crippen LogP contribution < -0.4 is 14.4 Å². The third-order valence-electron chi connectivity index (χ3n) is 7.41. The average Bonchev–Trinajstić information content (AvgIpc) is 3.07. The molecule has 1 N–H and O–H groups in total. The van der Waals surface area contributed by atoms with E-state index in [2.05, 4.69) is 5.32 Å². The van der Waals surface area contributed by atoms with Crippen LogP contribution in [0.5, 0.6) is 5.75 Å². The van der Waals surface area contributed by atoms with Gasteiger partial charge in [0.25, 0.3) is 10.0 Å². The van der Waals surface area contributed by atoms with Crippen molar-refractivity contribution in [2.45, 2.75) is 43.7 Å². The van der Waals surface area contributed by atoms with Crippen molar-refractivity contribution < 1.29 is 22.7 Å². The van der Waals surface area contributed by atoms with Crippen molar-refractivity contribution in [2.24, 2.45) is 0 Å². The fourth-order valence-electron chi connectivity index (χ4n) is 4.89. The molecule has 0 fully saturated rings. The van der Waals surface area contributed by atoms with E-state index in [1.165, 1.54) is 24.1 Å². The second-order valence-corrected chi connectivity index (χ2v) is 13.3. The summed E-state index contributed by atoms with van der Waals surface area (Å²) in [5.74, 6) is -0.388. The van der Waals surface area contributed by atoms with Crippen molar-refractivity contribution in [3.05, 3.63) is 124 Å². The normalized spacial score (nSPS) is 11.8. The first-order valence-electron chi connectivity index (χ1n) is 14.9. The SMILES string of the molecule is CCCCNC(=O)[C@H](Cc1ccccc1)N(Cc1ccc(Cl)c(Cl)c1)C(=O)CN(c1ccc(OC)cc1)S(=O)(=O)c1ccccc1. The van der Waals surface area contributed by atoms with Crippen LogP contribution in [0.3, 0.4) is 0 Å². The largest absolute Gasteiger partial charge is 0.497 e. The van der Waals surface area contributed by atoms with Crippen LogP contribution in [0.4, 0.5) is 5.69 Å². The Hall–Kier alpha value is -4.05. The zero-order valence-corrected chi connectivity index (χ0v) is 28.1. The highest BCUT2D eigenvalue weighted by Gasteiger charge is 2.34. The summed E-state index contributed by atoms with van der Waals surface area (Å²) in [6, 6.07) is 27.7. The Morgan fingerprint density at radius 2 is 1.50 bits per heavy atom. The van der Waals surface area contributed by atoms with Gasteiger partial charge < -0.3 is 15.0 Å². The summed E-state index contributed by atoms with van der Waals surface area (Å²) in [7, 11) is -2.69. The van der Waals surface area contributed by atoms with Gasteiger partial charge in [-0.2, -0.15) is 0 Å². The summed E-state index contributed by atoms with van der Waals surface area (Å²) in [6.45, 7) is 1.87. The average molecular weight is 683 g/mol. The summed E-state index contributed by atoms with van der Waals surface area (Å²) in [5.41, 5.74) is 1.73. The van der Waals surface area contributed by atoms with Crippen molar-refractivity contribution in [3.8, 4) is 5.75 Å². The first kappa shape index (κ1) is 34.8. The number of sulfonamides is 1. The molecule has 8 nitrogen and oxygen atoms in total. The predicted octanol–water partition coefficient (Wildman–Crippen LogP) is 6.75. The van der Waals surface area contributed by atoms with Crippen LogP contribution in [0.25, 0.3) is 0 Å². The van der Waals surface area contributed by atoms with Crippen LogP contribution in [-0.2, 0) is 32.6 Å². The molecule has 0 saturated carbocycles. The predicted molar refractivity (Wildman–Crippen MR) is 183 cm³/mol. The molecule has 0 aliphatic carbocycles. The van der Waals surface area contributed by atoms with Crippen molar-refractivity contribution >= 4 is 50.7 Å². The number of nitrogens with zero attached hydrogens (tertiary/aromatic N) is 2. The van der Waals surface area contributed by atoms with Crippen LogP contribution in [0.15, 0.2) is 108 Å². The van der Waals surface area contributed by atoms with Crippen molar-refractivity contribution in [1.82, 2.24) is 10.2 Å². The monoisotopic (exact) mass is 681 g/mol. The summed E-state index contributed by atoms with van der Waals surface area (Å²) < 4.78 is 34.5. The minimum Gasteiger partial charge on any atom is -0.497 e. The van der Waals surface area contributed by atoms with Crippen LogP contribution in [0.1, 0.15) is 30.9 Å². The summed E-state index contributed by atoms with van der Waals surface area (Å²) in [5, 5.41) is 3.62. The molecule has 0 heterocycles. The number of hydrogen-bond donors (Lipinski definition) is 1. The Morgan fingerprint density at radius 3 is 2.11 bits per heavy atom. The molecular weight excluding hydrogens is 645 g/mol. The van der Waals surface area contributed by atoms with Crippen LogP contribution in [-0.4, -0.2) is 51.4 Å². The number of ether oxygens (including phenoxy) is 1. The highest BCUT2D eigenvalue weighted by Crippen LogP contribution is 2.28. The molecule has 242 valence electrons. The summed E-state index contributed by atoms with van der Waals surface area (Å²) >= 11 is 12.5. The highest BCUT2D eigenvalue weighted by atomic mass is 35.5. The lowest BCUT2D eigenvalue weighted by Crippen LogP contribution is -2.53. The molecule has 0 aliphatic rings. The molecule has 4 rings (SSSR count). The van der Waals surface area contributed by atoms with Gasteiger partial charge in [-0.15, -0.1) is 0 Å². The summed E-state index contributed by atoms with van der Waals surface area (Å²) in [6.07, 6.45) is 1.86. The van der Waals surface area contributed by atoms with Gasteiger partial charge in [0, 0.05) is 19.5 Å². The molecule has 0 saturated heterocycles. The Labute approximate surface area is 280 Å². The van der Waals surface area contributed by atoms with Gasteiger partial charge in [0.15, 0.2) is 0 Å². The van der Waals surface area contributed by atoms with E-state index in [9.17, 15) is 18.0 Å². The number of unbranched alkanes of at least 4 members (excludes halogenated alkanes) is 1. The second-order valence-electron chi connectivity index (χ2n) is 10.6. The van der Waals surface area contributed by atoms with E-state index in [1.807, 2.05) is 37.3 Å². The molecule has 46 heavy (non-hydrogen) atoms. The molecule has 11 heteroatoms. The van der Waals surface area contributed by atoms with Gasteiger partial charge in [0.1, 0.15) is 18.3 Å². The molecule has 0 unspecified atom stereocenters. The molecule has 0 bridgehead atoms. The number of benzene rings is 4. The van der Waals surface area contributed by atoms with E-state index in [0.29, 0.717) is 27.9 Å². The number of halogens is 2. The van der Waals surface area contributed by atoms with Crippen molar-refractivity contribution in [2.75, 3.05) is 24.5 Å². The van der Waals surface area contributed by atoms with Gasteiger partial charge in [-0.3, -0.25) is 13.9 Å². The van der Waals surface area contributed by atoms with E-state index in [0.717, 1.165) is 22.7 Å². The minimum absolute atomic E-state index is 0.0176. The zero-order chi connectivity index (χ0) is 33.1. The topological polar surface area (TPSA) is 96.0 Å². The summed E-state index contributed by atoms with van der Waals surface area (Å²) in [4.78, 5) is 29.8. The van der Waals surface area contributed by atoms with Crippen LogP contribution in [0.2, 0.25) is 10.0 Å². The van der Waals surface area contributed by atoms with Gasteiger partial charge >= 0.3 is 0 Å². The standard InChI is InChI=1S/C35H37Cl2N3O5S/c1-3-4-21-38-35(42)33(23-26-11-7-5-8-12-26)39(24-27-15-20-31(36)32(37)22-27)34(41)25-40(28-16-18-29(45-2)19-17-28)46(43,44)30-13-9-6-10-14-30/h5-20,22,33H,3-4,21,23-25H2,1-2H3,(H,38,42)/t33-/m0/s1. The molecule has 4 aromatic rings. The minimum atomic E-state index is -4.20. The Balaban J connectivity index is 1.79. The molecule has 1 atom stereocenters. The quantitative estimate of drug-likeness (QED) is 0.140. The number of rotatable bonds is 15. The molecule has 0 radical (unpaired) electrons.